The highest BCUT2D eigenvalue weighted by atomic mass is 32.1. The normalized spacial score (nSPS) is 10.7. The molecule has 0 radical (unpaired) electrons. The lowest BCUT2D eigenvalue weighted by Crippen LogP contribution is -2.26. The summed E-state index contributed by atoms with van der Waals surface area (Å²) in [4.78, 5) is 23.6. The minimum atomic E-state index is -0.443. The predicted octanol–water partition coefficient (Wildman–Crippen LogP) is 2.24. The quantitative estimate of drug-likeness (QED) is 0.919. The van der Waals surface area contributed by atoms with Crippen LogP contribution in [0.5, 0.6) is 0 Å². The van der Waals surface area contributed by atoms with Gasteiger partial charge in [0.1, 0.15) is 5.82 Å². The number of hydrogen-bond donors (Lipinski definition) is 1. The van der Waals surface area contributed by atoms with Crippen LogP contribution in [0.25, 0.3) is 0 Å². The monoisotopic (exact) mass is 304 g/mol. The average molecular weight is 304 g/mol. The summed E-state index contributed by atoms with van der Waals surface area (Å²) in [5, 5.41) is 0. The minimum absolute atomic E-state index is 0.443. The first-order chi connectivity index (χ1) is 9.90. The lowest BCUT2D eigenvalue weighted by molar-refractivity contribution is 0.100. The van der Waals surface area contributed by atoms with Crippen LogP contribution in [0.4, 0.5) is 5.82 Å². The van der Waals surface area contributed by atoms with E-state index in [0.717, 1.165) is 29.9 Å². The van der Waals surface area contributed by atoms with Crippen molar-refractivity contribution in [1.82, 2.24) is 9.97 Å². The van der Waals surface area contributed by atoms with E-state index in [-0.39, 0.29) is 0 Å². The van der Waals surface area contributed by atoms with E-state index in [9.17, 15) is 4.79 Å². The molecular formula is C15H20N4OS. The van der Waals surface area contributed by atoms with Gasteiger partial charge in [0.05, 0.1) is 16.8 Å². The molecule has 2 aromatic rings. The summed E-state index contributed by atoms with van der Waals surface area (Å²) in [7, 11) is 1.93. The molecule has 21 heavy (non-hydrogen) atoms. The van der Waals surface area contributed by atoms with Crippen LogP contribution in [-0.4, -0.2) is 29.5 Å². The highest BCUT2D eigenvalue weighted by molar-refractivity contribution is 7.09. The second-order valence-corrected chi connectivity index (χ2v) is 6.10. The van der Waals surface area contributed by atoms with Gasteiger partial charge in [-0.25, -0.2) is 9.97 Å². The largest absolute Gasteiger partial charge is 0.365 e. The Morgan fingerprint density at radius 3 is 2.62 bits per heavy atom. The van der Waals surface area contributed by atoms with Crippen LogP contribution in [0.15, 0.2) is 11.6 Å². The summed E-state index contributed by atoms with van der Waals surface area (Å²) < 4.78 is 0. The van der Waals surface area contributed by atoms with E-state index in [0.29, 0.717) is 11.4 Å². The van der Waals surface area contributed by atoms with Crippen molar-refractivity contribution in [2.24, 2.45) is 5.73 Å². The van der Waals surface area contributed by atoms with Crippen molar-refractivity contribution < 1.29 is 4.79 Å². The Hall–Kier alpha value is -1.95. The van der Waals surface area contributed by atoms with Gasteiger partial charge in [0.25, 0.3) is 5.91 Å². The second kappa shape index (κ2) is 6.22. The van der Waals surface area contributed by atoms with Gasteiger partial charge in [0.15, 0.2) is 0 Å². The first-order valence-corrected chi connectivity index (χ1v) is 7.66. The zero-order chi connectivity index (χ0) is 15.6. The molecule has 0 aliphatic rings. The third-order valence-corrected chi connectivity index (χ3v) is 4.59. The van der Waals surface area contributed by atoms with Crippen molar-refractivity contribution in [2.75, 3.05) is 18.5 Å². The fourth-order valence-electron chi connectivity index (χ4n) is 2.11. The molecule has 0 aliphatic heterocycles. The minimum Gasteiger partial charge on any atom is -0.365 e. The third kappa shape index (κ3) is 3.39. The molecule has 0 aromatic carbocycles. The first-order valence-electron chi connectivity index (χ1n) is 6.78. The number of primary amides is 1. The Morgan fingerprint density at radius 2 is 2.05 bits per heavy atom. The zero-order valence-electron chi connectivity index (χ0n) is 12.8. The van der Waals surface area contributed by atoms with Gasteiger partial charge in [0.2, 0.25) is 0 Å². The van der Waals surface area contributed by atoms with Gasteiger partial charge in [0, 0.05) is 30.6 Å². The number of pyridine rings is 1. The predicted molar refractivity (Wildman–Crippen MR) is 86.1 cm³/mol. The number of thiazole rings is 1. The molecule has 5 nitrogen and oxygen atoms in total. The number of likely N-dealkylation sites (N-methyl/N-ethyl adjacent to an activating group) is 1. The first kappa shape index (κ1) is 15.4. The number of nitrogens with zero attached hydrogens (tertiary/aromatic N) is 3. The van der Waals surface area contributed by atoms with E-state index in [1.165, 1.54) is 4.88 Å². The molecule has 0 bridgehead atoms. The van der Waals surface area contributed by atoms with E-state index >= 15 is 0 Å². The van der Waals surface area contributed by atoms with E-state index in [1.807, 2.05) is 44.3 Å². The summed E-state index contributed by atoms with van der Waals surface area (Å²) in [6.45, 7) is 6.64. The van der Waals surface area contributed by atoms with E-state index in [2.05, 4.69) is 9.97 Å². The van der Waals surface area contributed by atoms with Gasteiger partial charge >= 0.3 is 0 Å². The maximum atomic E-state index is 11.6. The molecule has 1 amide bonds. The number of anilines is 1. The van der Waals surface area contributed by atoms with Crippen molar-refractivity contribution in [2.45, 2.75) is 27.2 Å². The smallest absolute Gasteiger partial charge is 0.252 e. The van der Waals surface area contributed by atoms with Gasteiger partial charge < -0.3 is 10.6 Å². The average Bonchev–Trinajstić information content (AvgIpc) is 2.84. The molecule has 0 fully saturated rings. The van der Waals surface area contributed by atoms with Crippen LogP contribution in [0.1, 0.15) is 32.2 Å². The summed E-state index contributed by atoms with van der Waals surface area (Å²) in [6, 6.07) is 1.81. The van der Waals surface area contributed by atoms with Crippen LogP contribution >= 0.6 is 11.3 Å². The fraction of sp³-hybridized carbons (Fsp3) is 0.400. The molecule has 0 saturated carbocycles. The number of nitrogens with two attached hydrogens (primary N) is 1. The van der Waals surface area contributed by atoms with Crippen molar-refractivity contribution in [1.29, 1.82) is 0 Å². The number of aromatic nitrogens is 2. The maximum Gasteiger partial charge on any atom is 0.252 e. The summed E-state index contributed by atoms with van der Waals surface area (Å²) >= 11 is 1.65. The van der Waals surface area contributed by atoms with Crippen LogP contribution in [0, 0.1) is 20.8 Å². The van der Waals surface area contributed by atoms with E-state index in [4.69, 9.17) is 5.73 Å². The Kier molecular flexibility index (Phi) is 4.57. The molecule has 0 saturated heterocycles. The molecule has 6 heteroatoms. The molecule has 2 heterocycles. The van der Waals surface area contributed by atoms with Gasteiger partial charge in [-0.3, -0.25) is 4.79 Å². The second-order valence-electron chi connectivity index (χ2n) is 5.16. The van der Waals surface area contributed by atoms with E-state index < -0.39 is 5.91 Å². The van der Waals surface area contributed by atoms with Gasteiger partial charge in [-0.05, 0) is 32.4 Å². The molecular weight excluding hydrogens is 284 g/mol. The highest BCUT2D eigenvalue weighted by Gasteiger charge is 2.16. The molecule has 2 aromatic heterocycles. The molecule has 0 spiro atoms. The van der Waals surface area contributed by atoms with E-state index in [1.54, 1.807) is 11.3 Å². The standard InChI is InChI=1S/C15H20N4OS/c1-9-7-12(14(16)20)15(18-10(9)2)19(4)6-5-13-11(3)17-8-21-13/h7-8H,5-6H2,1-4H3,(H2,16,20). The number of hydrogen-bond acceptors (Lipinski definition) is 5. The topological polar surface area (TPSA) is 72.1 Å². The maximum absolute atomic E-state index is 11.6. The lowest BCUT2D eigenvalue weighted by atomic mass is 10.1. The number of amides is 1. The number of carbonyl (C=O) groups is 1. The van der Waals surface area contributed by atoms with Crippen molar-refractivity contribution in [3.8, 4) is 0 Å². The summed E-state index contributed by atoms with van der Waals surface area (Å²) in [5.41, 5.74) is 10.8. The zero-order valence-corrected chi connectivity index (χ0v) is 13.6. The van der Waals surface area contributed by atoms with Gasteiger partial charge in [-0.1, -0.05) is 0 Å². The number of rotatable bonds is 5. The Bertz CT molecular complexity index is 666. The molecule has 0 unspecified atom stereocenters. The van der Waals surface area contributed by atoms with Crippen molar-refractivity contribution >= 4 is 23.1 Å². The van der Waals surface area contributed by atoms with Crippen LogP contribution in [0.2, 0.25) is 0 Å². The summed E-state index contributed by atoms with van der Waals surface area (Å²) in [6.07, 6.45) is 0.875. The Balaban J connectivity index is 2.22. The fourth-order valence-corrected chi connectivity index (χ4v) is 2.88. The molecule has 0 aliphatic carbocycles. The van der Waals surface area contributed by atoms with Crippen LogP contribution in [0.3, 0.4) is 0 Å². The van der Waals surface area contributed by atoms with Crippen LogP contribution in [-0.2, 0) is 6.42 Å². The SMILES string of the molecule is Cc1cc(C(N)=O)c(N(C)CCc2scnc2C)nc1C. The van der Waals surface area contributed by atoms with Crippen molar-refractivity contribution in [3.63, 3.8) is 0 Å². The molecule has 112 valence electrons. The molecule has 2 rings (SSSR count). The van der Waals surface area contributed by atoms with Crippen LogP contribution < -0.4 is 10.6 Å². The lowest BCUT2D eigenvalue weighted by Gasteiger charge is -2.21. The number of aryl methyl sites for hydroxylation is 3. The molecule has 0 atom stereocenters. The van der Waals surface area contributed by atoms with Crippen molar-refractivity contribution in [3.05, 3.63) is 39.0 Å². The highest BCUT2D eigenvalue weighted by Crippen LogP contribution is 2.21. The number of carbonyl (C=O) groups excluding carboxylic acids is 1. The molecule has 2 N–H and O–H groups in total. The Morgan fingerprint density at radius 1 is 1.33 bits per heavy atom. The summed E-state index contributed by atoms with van der Waals surface area (Å²) in [5.74, 6) is 0.203. The van der Waals surface area contributed by atoms with Gasteiger partial charge in [-0.2, -0.15) is 0 Å². The third-order valence-electron chi connectivity index (χ3n) is 3.59. The Labute approximate surface area is 128 Å². The van der Waals surface area contributed by atoms with Gasteiger partial charge in [-0.15, -0.1) is 11.3 Å².